The molecule has 0 saturated carbocycles. The zero-order valence-corrected chi connectivity index (χ0v) is 11.2. The van der Waals surface area contributed by atoms with Gasteiger partial charge >= 0.3 is 0 Å². The van der Waals surface area contributed by atoms with E-state index in [4.69, 9.17) is 15.2 Å². The van der Waals surface area contributed by atoms with Crippen LogP contribution in [0.4, 0.5) is 11.5 Å². The van der Waals surface area contributed by atoms with E-state index in [1.807, 2.05) is 0 Å². The number of rotatable bonds is 2. The molecule has 21 heavy (non-hydrogen) atoms. The molecule has 1 aliphatic heterocycles. The fourth-order valence-corrected chi connectivity index (χ4v) is 1.90. The topological polar surface area (TPSA) is 99.4 Å². The van der Waals surface area contributed by atoms with Crippen LogP contribution in [0.5, 0.6) is 11.5 Å². The Bertz CT molecular complexity index is 658. The van der Waals surface area contributed by atoms with Crippen molar-refractivity contribution in [1.82, 2.24) is 10.2 Å². The van der Waals surface area contributed by atoms with Crippen LogP contribution < -0.4 is 20.5 Å². The van der Waals surface area contributed by atoms with Crippen molar-refractivity contribution in [2.75, 3.05) is 24.3 Å². The largest absolute Gasteiger partial charge is 0.490 e. The first-order valence-corrected chi connectivity index (χ1v) is 6.52. The van der Waals surface area contributed by atoms with Crippen LogP contribution in [0.25, 0.3) is 0 Å². The number of nitrogens with two attached hydrogens (primary N) is 1. The van der Waals surface area contributed by atoms with Gasteiger partial charge in [-0.2, -0.15) is 0 Å². The van der Waals surface area contributed by atoms with Gasteiger partial charge < -0.3 is 20.5 Å². The molecule has 1 aromatic heterocycles. The van der Waals surface area contributed by atoms with Gasteiger partial charge in [-0.05, 0) is 24.3 Å². The normalized spacial score (nSPS) is 13.3. The average molecular weight is 286 g/mol. The standard InChI is InChI=1S/C14H14N4O3/c15-13-5-3-10(17-18-13)14(19)16-9-2-4-11-12(8-9)21-7-1-6-20-11/h2-5,8H,1,6-7H2,(H2,15,18)(H,16,19). The zero-order valence-electron chi connectivity index (χ0n) is 11.2. The highest BCUT2D eigenvalue weighted by Gasteiger charge is 2.13. The third kappa shape index (κ3) is 3.02. The number of nitrogens with zero attached hydrogens (tertiary/aromatic N) is 2. The maximum absolute atomic E-state index is 12.0. The minimum absolute atomic E-state index is 0.191. The number of ether oxygens (including phenoxy) is 2. The highest BCUT2D eigenvalue weighted by Crippen LogP contribution is 2.32. The van der Waals surface area contributed by atoms with Gasteiger partial charge in [0.1, 0.15) is 5.82 Å². The van der Waals surface area contributed by atoms with Gasteiger partial charge in [0.2, 0.25) is 0 Å². The molecule has 0 saturated heterocycles. The Labute approximate surface area is 121 Å². The van der Waals surface area contributed by atoms with E-state index in [0.29, 0.717) is 30.4 Å². The van der Waals surface area contributed by atoms with Crippen molar-refractivity contribution < 1.29 is 14.3 Å². The first-order chi connectivity index (χ1) is 10.2. The SMILES string of the molecule is Nc1ccc(C(=O)Nc2ccc3c(c2)OCCCO3)nn1. The Hall–Kier alpha value is -2.83. The lowest BCUT2D eigenvalue weighted by molar-refractivity contribution is 0.102. The molecule has 0 aliphatic carbocycles. The third-order valence-corrected chi connectivity index (χ3v) is 2.92. The molecule has 0 spiro atoms. The summed E-state index contributed by atoms with van der Waals surface area (Å²) in [6.45, 7) is 1.22. The van der Waals surface area contributed by atoms with Crippen LogP contribution in [0, 0.1) is 0 Å². The Kier molecular flexibility index (Phi) is 3.55. The number of fused-ring (bicyclic) bond motifs is 1. The number of carbonyl (C=O) groups is 1. The first-order valence-electron chi connectivity index (χ1n) is 6.52. The molecule has 0 unspecified atom stereocenters. The van der Waals surface area contributed by atoms with Crippen LogP contribution >= 0.6 is 0 Å². The Balaban J connectivity index is 1.77. The number of aromatic nitrogens is 2. The molecule has 108 valence electrons. The maximum Gasteiger partial charge on any atom is 0.276 e. The van der Waals surface area contributed by atoms with Gasteiger partial charge in [0.05, 0.1) is 13.2 Å². The lowest BCUT2D eigenvalue weighted by atomic mass is 10.2. The molecule has 7 heteroatoms. The van der Waals surface area contributed by atoms with Crippen molar-refractivity contribution in [3.05, 3.63) is 36.0 Å². The van der Waals surface area contributed by atoms with E-state index in [9.17, 15) is 4.79 Å². The second kappa shape index (κ2) is 5.66. The van der Waals surface area contributed by atoms with Crippen LogP contribution in [0.3, 0.4) is 0 Å². The van der Waals surface area contributed by atoms with E-state index < -0.39 is 0 Å². The van der Waals surface area contributed by atoms with Crippen molar-refractivity contribution in [1.29, 1.82) is 0 Å². The van der Waals surface area contributed by atoms with Crippen molar-refractivity contribution in [2.24, 2.45) is 0 Å². The number of nitrogens with one attached hydrogen (secondary N) is 1. The third-order valence-electron chi connectivity index (χ3n) is 2.92. The molecule has 3 N–H and O–H groups in total. The van der Waals surface area contributed by atoms with Crippen LogP contribution in [-0.2, 0) is 0 Å². The number of nitrogen functional groups attached to an aromatic ring is 1. The lowest BCUT2D eigenvalue weighted by Crippen LogP contribution is -2.14. The van der Waals surface area contributed by atoms with E-state index >= 15 is 0 Å². The van der Waals surface area contributed by atoms with Crippen LogP contribution in [-0.4, -0.2) is 29.3 Å². The van der Waals surface area contributed by atoms with E-state index in [1.165, 1.54) is 12.1 Å². The van der Waals surface area contributed by atoms with Gasteiger partial charge in [0, 0.05) is 18.2 Å². The van der Waals surface area contributed by atoms with Crippen molar-refractivity contribution >= 4 is 17.4 Å². The highest BCUT2D eigenvalue weighted by molar-refractivity contribution is 6.02. The molecule has 3 rings (SSSR count). The molecule has 2 heterocycles. The Morgan fingerprint density at radius 1 is 1.10 bits per heavy atom. The molecular formula is C14H14N4O3. The van der Waals surface area contributed by atoms with Gasteiger partial charge in [-0.3, -0.25) is 4.79 Å². The maximum atomic E-state index is 12.0. The molecule has 0 bridgehead atoms. The molecule has 0 atom stereocenters. The van der Waals surface area contributed by atoms with Gasteiger partial charge in [0.25, 0.3) is 5.91 Å². The van der Waals surface area contributed by atoms with Crippen LogP contribution in [0.1, 0.15) is 16.9 Å². The predicted molar refractivity (Wildman–Crippen MR) is 76.4 cm³/mol. The second-order valence-electron chi connectivity index (χ2n) is 4.51. The number of hydrogen-bond donors (Lipinski definition) is 2. The van der Waals surface area contributed by atoms with Crippen LogP contribution in [0.2, 0.25) is 0 Å². The van der Waals surface area contributed by atoms with E-state index in [0.717, 1.165) is 6.42 Å². The average Bonchev–Trinajstić information content (AvgIpc) is 2.72. The number of hydrogen-bond acceptors (Lipinski definition) is 6. The predicted octanol–water partition coefficient (Wildman–Crippen LogP) is 1.47. The minimum Gasteiger partial charge on any atom is -0.490 e. The summed E-state index contributed by atoms with van der Waals surface area (Å²) in [6.07, 6.45) is 0.831. The summed E-state index contributed by atoms with van der Waals surface area (Å²) >= 11 is 0. The van der Waals surface area contributed by atoms with Crippen molar-refractivity contribution in [2.45, 2.75) is 6.42 Å². The highest BCUT2D eigenvalue weighted by atomic mass is 16.5. The first kappa shape index (κ1) is 13.2. The molecule has 7 nitrogen and oxygen atoms in total. The van der Waals surface area contributed by atoms with Crippen molar-refractivity contribution in [3.8, 4) is 11.5 Å². The van der Waals surface area contributed by atoms with Crippen molar-refractivity contribution in [3.63, 3.8) is 0 Å². The summed E-state index contributed by atoms with van der Waals surface area (Å²) in [5.74, 6) is 1.20. The van der Waals surface area contributed by atoms with E-state index in [2.05, 4.69) is 15.5 Å². The molecule has 0 radical (unpaired) electrons. The molecule has 1 aromatic carbocycles. The monoisotopic (exact) mass is 286 g/mol. The molecular weight excluding hydrogens is 272 g/mol. The summed E-state index contributed by atoms with van der Waals surface area (Å²) < 4.78 is 11.1. The Morgan fingerprint density at radius 2 is 1.90 bits per heavy atom. The zero-order chi connectivity index (χ0) is 14.7. The van der Waals surface area contributed by atoms with E-state index in [-0.39, 0.29) is 17.4 Å². The molecule has 1 aliphatic rings. The summed E-state index contributed by atoms with van der Waals surface area (Å²) in [6, 6.07) is 8.28. The van der Waals surface area contributed by atoms with Gasteiger partial charge in [0.15, 0.2) is 17.2 Å². The van der Waals surface area contributed by atoms with Gasteiger partial charge in [-0.1, -0.05) is 0 Å². The number of anilines is 2. The molecule has 0 fully saturated rings. The second-order valence-corrected chi connectivity index (χ2v) is 4.51. The molecule has 2 aromatic rings. The minimum atomic E-state index is -0.364. The lowest BCUT2D eigenvalue weighted by Gasteiger charge is -2.10. The van der Waals surface area contributed by atoms with E-state index in [1.54, 1.807) is 18.2 Å². The smallest absolute Gasteiger partial charge is 0.276 e. The van der Waals surface area contributed by atoms with Gasteiger partial charge in [-0.25, -0.2) is 0 Å². The quantitative estimate of drug-likeness (QED) is 0.867. The number of benzene rings is 1. The molecule has 1 amide bonds. The van der Waals surface area contributed by atoms with Crippen LogP contribution in [0.15, 0.2) is 30.3 Å². The van der Waals surface area contributed by atoms with Gasteiger partial charge in [-0.15, -0.1) is 10.2 Å². The number of carbonyl (C=O) groups excluding carboxylic acids is 1. The summed E-state index contributed by atoms with van der Waals surface area (Å²) in [5, 5.41) is 10.1. The summed E-state index contributed by atoms with van der Waals surface area (Å²) in [5.41, 5.74) is 6.23. The fraction of sp³-hybridized carbons (Fsp3) is 0.214. The number of amides is 1. The Morgan fingerprint density at radius 3 is 2.67 bits per heavy atom. The fourth-order valence-electron chi connectivity index (χ4n) is 1.90. The summed E-state index contributed by atoms with van der Waals surface area (Å²) in [4.78, 5) is 12.0. The summed E-state index contributed by atoms with van der Waals surface area (Å²) in [7, 11) is 0.